The standard InChI is InChI=1S/C29H44N8O3/c1-4-23-28(31-20-9-17-40-18-10-20)34-29(26(33-23)27(30)38)32-21-5-6-24(25(19-21)39-3)37-11-7-22(8-12-37)36-15-13-35(2)14-16-36/h5-6,19-20,22H,4,7-18H2,1-3H3,(H2,30,38)(H2,31,32,34)/i2D3,4D2. The normalized spacial score (nSPS) is 22.4. The van der Waals surface area contributed by atoms with Gasteiger partial charge in [-0.3, -0.25) is 9.69 Å². The third kappa shape index (κ3) is 6.59. The molecule has 40 heavy (non-hydrogen) atoms. The smallest absolute Gasteiger partial charge is 0.271 e. The van der Waals surface area contributed by atoms with Gasteiger partial charge in [-0.15, -0.1) is 0 Å². The number of carbonyl (C=O) groups excluding carboxylic acids is 1. The van der Waals surface area contributed by atoms with Crippen LogP contribution in [0, 0.1) is 0 Å². The number of rotatable bonds is 9. The van der Waals surface area contributed by atoms with Crippen molar-refractivity contribution in [3.63, 3.8) is 0 Å². The highest BCUT2D eigenvalue weighted by Crippen LogP contribution is 2.35. The van der Waals surface area contributed by atoms with E-state index in [1.54, 1.807) is 12.0 Å². The molecule has 3 aliphatic heterocycles. The summed E-state index contributed by atoms with van der Waals surface area (Å²) in [5, 5.41) is 6.48. The molecule has 0 aliphatic carbocycles. The first-order chi connectivity index (χ1) is 21.3. The van der Waals surface area contributed by atoms with Gasteiger partial charge in [0.1, 0.15) is 5.75 Å². The molecule has 3 fully saturated rings. The fourth-order valence-corrected chi connectivity index (χ4v) is 5.72. The number of likely N-dealkylation sites (N-methyl/N-ethyl adjacent to an activating group) is 1. The number of primary amides is 1. The molecule has 0 unspecified atom stereocenters. The lowest BCUT2D eigenvalue weighted by Crippen LogP contribution is -2.52. The highest BCUT2D eigenvalue weighted by atomic mass is 16.5. The lowest BCUT2D eigenvalue weighted by molar-refractivity contribution is 0.0903. The van der Waals surface area contributed by atoms with Gasteiger partial charge in [-0.1, -0.05) is 6.92 Å². The van der Waals surface area contributed by atoms with Crippen LogP contribution in [0.2, 0.25) is 0 Å². The average Bonchev–Trinajstić information content (AvgIpc) is 3.00. The molecule has 11 heteroatoms. The number of nitrogens with one attached hydrogen (secondary N) is 2. The number of methoxy groups -OCH3 is 1. The topological polar surface area (TPSA) is 121 Å². The number of piperidine rings is 1. The van der Waals surface area contributed by atoms with E-state index in [4.69, 9.17) is 22.1 Å². The highest BCUT2D eigenvalue weighted by molar-refractivity contribution is 5.96. The first-order valence-corrected chi connectivity index (χ1v) is 14.1. The summed E-state index contributed by atoms with van der Waals surface area (Å²) in [5.41, 5.74) is 7.10. The van der Waals surface area contributed by atoms with Gasteiger partial charge in [-0.25, -0.2) is 9.97 Å². The summed E-state index contributed by atoms with van der Waals surface area (Å²) in [7, 11) is 1.61. The highest BCUT2D eigenvalue weighted by Gasteiger charge is 2.28. The summed E-state index contributed by atoms with van der Waals surface area (Å²) in [6.45, 7) is 4.85. The maximum absolute atomic E-state index is 12.4. The van der Waals surface area contributed by atoms with Crippen molar-refractivity contribution in [1.29, 1.82) is 0 Å². The second kappa shape index (κ2) is 13.0. The van der Waals surface area contributed by atoms with Gasteiger partial charge in [0, 0.05) is 83.2 Å². The monoisotopic (exact) mass is 557 g/mol. The number of anilines is 4. The largest absolute Gasteiger partial charge is 0.495 e. The Labute approximate surface area is 244 Å². The van der Waals surface area contributed by atoms with E-state index in [0.29, 0.717) is 43.8 Å². The van der Waals surface area contributed by atoms with Crippen LogP contribution in [0.3, 0.4) is 0 Å². The summed E-state index contributed by atoms with van der Waals surface area (Å²) in [6.07, 6.45) is 1.55. The summed E-state index contributed by atoms with van der Waals surface area (Å²) >= 11 is 0. The predicted molar refractivity (Wildman–Crippen MR) is 158 cm³/mol. The zero-order valence-electron chi connectivity index (χ0n) is 28.4. The van der Waals surface area contributed by atoms with Crippen LogP contribution in [-0.2, 0) is 11.1 Å². The maximum Gasteiger partial charge on any atom is 0.271 e. The molecule has 0 spiro atoms. The number of aryl methyl sites for hydroxylation is 1. The van der Waals surface area contributed by atoms with Crippen molar-refractivity contribution in [3.05, 3.63) is 29.6 Å². The Morgan fingerprint density at radius 3 is 2.52 bits per heavy atom. The molecule has 0 bridgehead atoms. The molecule has 1 aromatic heterocycles. The van der Waals surface area contributed by atoms with Gasteiger partial charge in [0.15, 0.2) is 17.3 Å². The number of hydrogen-bond donors (Lipinski definition) is 3. The molecular formula is C29H44N8O3. The number of carbonyl (C=O) groups is 1. The second-order valence-electron chi connectivity index (χ2n) is 10.5. The maximum atomic E-state index is 12.4. The molecule has 2 aromatic rings. The number of aromatic nitrogens is 2. The number of nitrogens with zero attached hydrogens (tertiary/aromatic N) is 5. The van der Waals surface area contributed by atoms with Crippen molar-refractivity contribution in [3.8, 4) is 5.75 Å². The minimum Gasteiger partial charge on any atom is -0.495 e. The second-order valence-corrected chi connectivity index (χ2v) is 10.5. The van der Waals surface area contributed by atoms with E-state index < -0.39 is 19.3 Å². The Morgan fingerprint density at radius 1 is 1.12 bits per heavy atom. The third-order valence-corrected chi connectivity index (χ3v) is 8.01. The Morgan fingerprint density at radius 2 is 1.88 bits per heavy atom. The van der Waals surface area contributed by atoms with Crippen LogP contribution in [0.1, 0.15) is 55.6 Å². The third-order valence-electron chi connectivity index (χ3n) is 8.01. The minimum absolute atomic E-state index is 0.0174. The molecule has 0 radical (unpaired) electrons. The van der Waals surface area contributed by atoms with Gasteiger partial charge in [0.2, 0.25) is 0 Å². The summed E-state index contributed by atoms with van der Waals surface area (Å²) in [4.78, 5) is 27.7. The van der Waals surface area contributed by atoms with Crippen LogP contribution in [0.4, 0.5) is 23.0 Å². The van der Waals surface area contributed by atoms with E-state index in [-0.39, 0.29) is 29.1 Å². The van der Waals surface area contributed by atoms with Crippen molar-refractivity contribution in [2.75, 3.05) is 82.1 Å². The van der Waals surface area contributed by atoms with Crippen LogP contribution in [0.15, 0.2) is 18.2 Å². The van der Waals surface area contributed by atoms with Crippen molar-refractivity contribution < 1.29 is 21.1 Å². The Bertz CT molecular complexity index is 1340. The van der Waals surface area contributed by atoms with Crippen molar-refractivity contribution in [2.45, 2.75) is 51.1 Å². The molecule has 3 aliphatic rings. The first kappa shape index (κ1) is 22.5. The van der Waals surface area contributed by atoms with Gasteiger partial charge in [-0.05, 0) is 51.2 Å². The van der Waals surface area contributed by atoms with Crippen LogP contribution in [0.25, 0.3) is 0 Å². The fraction of sp³-hybridized carbons (Fsp3) is 0.621. The van der Waals surface area contributed by atoms with Gasteiger partial charge >= 0.3 is 0 Å². The fourth-order valence-electron chi connectivity index (χ4n) is 5.72. The van der Waals surface area contributed by atoms with E-state index in [0.717, 1.165) is 57.5 Å². The van der Waals surface area contributed by atoms with E-state index in [9.17, 15) is 4.79 Å². The molecule has 0 atom stereocenters. The van der Waals surface area contributed by atoms with Gasteiger partial charge in [0.25, 0.3) is 5.91 Å². The minimum atomic E-state index is -2.03. The molecule has 1 aromatic carbocycles. The number of piperazine rings is 1. The summed E-state index contributed by atoms with van der Waals surface area (Å²) in [5.74, 6) is 0.215. The first-order valence-electron chi connectivity index (χ1n) is 16.6. The lowest BCUT2D eigenvalue weighted by Gasteiger charge is -2.42. The molecule has 0 saturated carbocycles. The Balaban J connectivity index is 1.30. The zero-order valence-corrected chi connectivity index (χ0v) is 23.4. The number of amides is 1. The van der Waals surface area contributed by atoms with E-state index in [1.807, 2.05) is 18.2 Å². The van der Waals surface area contributed by atoms with Crippen LogP contribution in [-0.4, -0.2) is 104 Å². The molecule has 5 rings (SSSR count). The lowest BCUT2D eigenvalue weighted by atomic mass is 10.0. The number of benzene rings is 1. The predicted octanol–water partition coefficient (Wildman–Crippen LogP) is 2.70. The Kier molecular flexibility index (Phi) is 7.33. The SMILES string of the molecule is [2H]C([2H])(C)c1nc(C(N)=O)c(Nc2ccc(N3CCC(N4CCN(C([2H])([2H])[2H])CC4)CC3)c(OC)c2)nc1NC1CCOCC1. The molecule has 4 heterocycles. The van der Waals surface area contributed by atoms with Gasteiger partial charge < -0.3 is 35.6 Å². The molecule has 1 amide bonds. The van der Waals surface area contributed by atoms with Crippen LogP contribution in [0.5, 0.6) is 5.75 Å². The zero-order chi connectivity index (χ0) is 32.4. The van der Waals surface area contributed by atoms with E-state index >= 15 is 0 Å². The van der Waals surface area contributed by atoms with Gasteiger partial charge in [0.05, 0.1) is 18.5 Å². The van der Waals surface area contributed by atoms with E-state index in [2.05, 4.69) is 30.4 Å². The number of hydrogen-bond acceptors (Lipinski definition) is 10. The van der Waals surface area contributed by atoms with Crippen LogP contribution < -0.4 is 26.0 Å². The van der Waals surface area contributed by atoms with Crippen LogP contribution >= 0.6 is 0 Å². The average molecular weight is 558 g/mol. The number of nitrogens with two attached hydrogens (primary N) is 1. The van der Waals surface area contributed by atoms with Crippen molar-refractivity contribution >= 4 is 28.9 Å². The van der Waals surface area contributed by atoms with Crippen molar-refractivity contribution in [1.82, 2.24) is 19.8 Å². The van der Waals surface area contributed by atoms with Crippen molar-refractivity contribution in [2.24, 2.45) is 5.73 Å². The molecule has 11 nitrogen and oxygen atoms in total. The molecular weight excluding hydrogens is 508 g/mol. The summed E-state index contributed by atoms with van der Waals surface area (Å²) < 4.78 is 50.8. The Hall–Kier alpha value is -3.15. The van der Waals surface area contributed by atoms with Gasteiger partial charge in [-0.2, -0.15) is 0 Å². The molecule has 3 saturated heterocycles. The molecule has 218 valence electrons. The van der Waals surface area contributed by atoms with E-state index in [1.165, 1.54) is 6.92 Å². The summed E-state index contributed by atoms with van der Waals surface area (Å²) in [6, 6.07) is 6.13. The molecule has 4 N–H and O–H groups in total. The quantitative estimate of drug-likeness (QED) is 0.424. The number of ether oxygens (including phenoxy) is 2.